The molecule has 0 spiro atoms. The van der Waals surface area contributed by atoms with Crippen molar-refractivity contribution in [2.75, 3.05) is 13.2 Å². The summed E-state index contributed by atoms with van der Waals surface area (Å²) in [6, 6.07) is 5.85. The standard InChI is InChI=1S/C15H16O6/c1-3-20-14(18)12(15(19)21-4-2)9-10-6-5-7-11(8-10)13(16)17/h5-9H,3-4H2,1-2H3,(H,16,17). The first-order valence-corrected chi connectivity index (χ1v) is 6.38. The minimum absolute atomic E-state index is 0.0517. The first-order chi connectivity index (χ1) is 9.99. The van der Waals surface area contributed by atoms with Crippen LogP contribution in [0.1, 0.15) is 29.8 Å². The zero-order valence-electron chi connectivity index (χ0n) is 11.8. The van der Waals surface area contributed by atoms with E-state index in [-0.39, 0.29) is 24.4 Å². The van der Waals surface area contributed by atoms with Crippen molar-refractivity contribution in [3.05, 3.63) is 41.0 Å². The molecule has 0 atom stereocenters. The first-order valence-electron chi connectivity index (χ1n) is 6.38. The van der Waals surface area contributed by atoms with Gasteiger partial charge < -0.3 is 14.6 Å². The van der Waals surface area contributed by atoms with E-state index in [0.717, 1.165) is 0 Å². The summed E-state index contributed by atoms with van der Waals surface area (Å²) in [4.78, 5) is 34.5. The number of esters is 2. The van der Waals surface area contributed by atoms with Crippen LogP contribution >= 0.6 is 0 Å². The van der Waals surface area contributed by atoms with Crippen molar-refractivity contribution in [1.82, 2.24) is 0 Å². The van der Waals surface area contributed by atoms with Crippen LogP contribution in [0, 0.1) is 0 Å². The Morgan fingerprint density at radius 3 is 2.14 bits per heavy atom. The highest BCUT2D eigenvalue weighted by Crippen LogP contribution is 2.13. The third-order valence-corrected chi connectivity index (χ3v) is 2.44. The van der Waals surface area contributed by atoms with E-state index >= 15 is 0 Å². The van der Waals surface area contributed by atoms with Crippen molar-refractivity contribution in [3.63, 3.8) is 0 Å². The zero-order valence-corrected chi connectivity index (χ0v) is 11.8. The van der Waals surface area contributed by atoms with Gasteiger partial charge in [-0.15, -0.1) is 0 Å². The fourth-order valence-corrected chi connectivity index (χ4v) is 1.55. The van der Waals surface area contributed by atoms with E-state index in [0.29, 0.717) is 5.56 Å². The largest absolute Gasteiger partial charge is 0.478 e. The van der Waals surface area contributed by atoms with Gasteiger partial charge in [-0.2, -0.15) is 0 Å². The Balaban J connectivity index is 3.17. The quantitative estimate of drug-likeness (QED) is 0.373. The normalized spacial score (nSPS) is 9.62. The number of hydrogen-bond acceptors (Lipinski definition) is 5. The van der Waals surface area contributed by atoms with E-state index in [4.69, 9.17) is 14.6 Å². The van der Waals surface area contributed by atoms with Crippen molar-refractivity contribution >= 4 is 24.0 Å². The Morgan fingerprint density at radius 2 is 1.67 bits per heavy atom. The van der Waals surface area contributed by atoms with Gasteiger partial charge in [-0.3, -0.25) is 0 Å². The maximum absolute atomic E-state index is 11.8. The number of benzene rings is 1. The molecule has 6 heteroatoms. The Morgan fingerprint density at radius 1 is 1.10 bits per heavy atom. The van der Waals surface area contributed by atoms with E-state index < -0.39 is 17.9 Å². The summed E-state index contributed by atoms with van der Waals surface area (Å²) in [5.41, 5.74) is 0.170. The van der Waals surface area contributed by atoms with Crippen LogP contribution < -0.4 is 0 Å². The molecule has 21 heavy (non-hydrogen) atoms. The summed E-state index contributed by atoms with van der Waals surface area (Å²) in [5.74, 6) is -2.72. The van der Waals surface area contributed by atoms with Crippen LogP contribution in [0.3, 0.4) is 0 Å². The Kier molecular flexibility index (Phi) is 6.13. The molecule has 0 bridgehead atoms. The molecule has 0 saturated heterocycles. The first kappa shape index (κ1) is 16.4. The zero-order chi connectivity index (χ0) is 15.8. The van der Waals surface area contributed by atoms with Crippen LogP contribution in [-0.2, 0) is 19.1 Å². The molecule has 112 valence electrons. The molecule has 1 rings (SSSR count). The average Bonchev–Trinajstić information content (AvgIpc) is 2.45. The molecule has 0 aliphatic heterocycles. The van der Waals surface area contributed by atoms with Crippen LogP contribution in [0.15, 0.2) is 29.8 Å². The van der Waals surface area contributed by atoms with E-state index in [1.54, 1.807) is 19.9 Å². The lowest BCUT2D eigenvalue weighted by atomic mass is 10.1. The van der Waals surface area contributed by atoms with Gasteiger partial charge in [0.2, 0.25) is 0 Å². The van der Waals surface area contributed by atoms with E-state index in [1.807, 2.05) is 0 Å². The maximum Gasteiger partial charge on any atom is 0.345 e. The second-order valence-corrected chi connectivity index (χ2v) is 3.93. The third kappa shape index (κ3) is 4.76. The number of carbonyl (C=O) groups is 3. The number of ether oxygens (including phenoxy) is 2. The number of carboxylic acid groups (broad SMARTS) is 1. The Bertz CT molecular complexity index is 553. The van der Waals surface area contributed by atoms with Crippen LogP contribution in [0.4, 0.5) is 0 Å². The lowest BCUT2D eigenvalue weighted by Gasteiger charge is -2.06. The van der Waals surface area contributed by atoms with Gasteiger partial charge in [-0.1, -0.05) is 12.1 Å². The van der Waals surface area contributed by atoms with Gasteiger partial charge in [0.15, 0.2) is 0 Å². The highest BCUT2D eigenvalue weighted by atomic mass is 16.6. The van der Waals surface area contributed by atoms with Gasteiger partial charge in [-0.25, -0.2) is 14.4 Å². The monoisotopic (exact) mass is 292 g/mol. The molecule has 0 fully saturated rings. The number of carbonyl (C=O) groups excluding carboxylic acids is 2. The van der Waals surface area contributed by atoms with Crippen molar-refractivity contribution in [2.45, 2.75) is 13.8 Å². The van der Waals surface area contributed by atoms with Crippen molar-refractivity contribution in [3.8, 4) is 0 Å². The van der Waals surface area contributed by atoms with Crippen molar-refractivity contribution in [1.29, 1.82) is 0 Å². The van der Waals surface area contributed by atoms with Gasteiger partial charge >= 0.3 is 17.9 Å². The molecule has 6 nitrogen and oxygen atoms in total. The molecule has 0 unspecified atom stereocenters. The molecule has 0 amide bonds. The number of rotatable bonds is 6. The van der Waals surface area contributed by atoms with Crippen LogP contribution in [-0.4, -0.2) is 36.2 Å². The van der Waals surface area contributed by atoms with Crippen LogP contribution in [0.2, 0.25) is 0 Å². The van der Waals surface area contributed by atoms with Crippen molar-refractivity contribution < 1.29 is 29.0 Å². The summed E-state index contributed by atoms with van der Waals surface area (Å²) in [7, 11) is 0. The molecular formula is C15H16O6. The number of hydrogen-bond donors (Lipinski definition) is 1. The minimum atomic E-state index is -1.10. The van der Waals surface area contributed by atoms with Crippen LogP contribution in [0.5, 0.6) is 0 Å². The summed E-state index contributed by atoms with van der Waals surface area (Å²) in [6.45, 7) is 3.47. The highest BCUT2D eigenvalue weighted by molar-refractivity contribution is 6.17. The lowest BCUT2D eigenvalue weighted by molar-refractivity contribution is -0.146. The topological polar surface area (TPSA) is 89.9 Å². The lowest BCUT2D eigenvalue weighted by Crippen LogP contribution is -2.18. The predicted octanol–water partition coefficient (Wildman–Crippen LogP) is 1.89. The van der Waals surface area contributed by atoms with Gasteiger partial charge in [0, 0.05) is 0 Å². The second kappa shape index (κ2) is 7.84. The fourth-order valence-electron chi connectivity index (χ4n) is 1.55. The van der Waals surface area contributed by atoms with Crippen molar-refractivity contribution in [2.24, 2.45) is 0 Å². The summed E-state index contributed by atoms with van der Waals surface area (Å²) < 4.78 is 9.59. The molecule has 1 aromatic carbocycles. The highest BCUT2D eigenvalue weighted by Gasteiger charge is 2.21. The molecule has 0 saturated carbocycles. The molecule has 0 radical (unpaired) electrons. The van der Waals surface area contributed by atoms with Crippen LogP contribution in [0.25, 0.3) is 6.08 Å². The molecule has 0 aliphatic rings. The maximum atomic E-state index is 11.8. The average molecular weight is 292 g/mol. The fraction of sp³-hybridized carbons (Fsp3) is 0.267. The number of carboxylic acids is 1. The summed E-state index contributed by atoms with van der Waals surface area (Å²) in [5, 5.41) is 8.93. The molecule has 0 aromatic heterocycles. The smallest absolute Gasteiger partial charge is 0.345 e. The van der Waals surface area contributed by atoms with Gasteiger partial charge in [0.1, 0.15) is 5.57 Å². The molecule has 1 aromatic rings. The van der Waals surface area contributed by atoms with E-state index in [1.165, 1.54) is 24.3 Å². The van der Waals surface area contributed by atoms with E-state index in [2.05, 4.69) is 0 Å². The summed E-state index contributed by atoms with van der Waals surface area (Å²) in [6.07, 6.45) is 1.25. The molecular weight excluding hydrogens is 276 g/mol. The Labute approximate surface area is 122 Å². The predicted molar refractivity (Wildman–Crippen MR) is 74.6 cm³/mol. The number of aromatic carboxylic acids is 1. The SMILES string of the molecule is CCOC(=O)C(=Cc1cccc(C(=O)O)c1)C(=O)OCC. The molecule has 0 aliphatic carbocycles. The summed E-state index contributed by atoms with van der Waals surface area (Å²) >= 11 is 0. The third-order valence-electron chi connectivity index (χ3n) is 2.44. The molecule has 0 heterocycles. The van der Waals surface area contributed by atoms with E-state index in [9.17, 15) is 14.4 Å². The minimum Gasteiger partial charge on any atom is -0.478 e. The van der Waals surface area contributed by atoms with Gasteiger partial charge in [0.25, 0.3) is 0 Å². The van der Waals surface area contributed by atoms with Gasteiger partial charge in [-0.05, 0) is 37.6 Å². The van der Waals surface area contributed by atoms with Gasteiger partial charge in [0.05, 0.1) is 18.8 Å². The Hall–Kier alpha value is -2.63. The second-order valence-electron chi connectivity index (χ2n) is 3.93. The molecule has 1 N–H and O–H groups in total.